The molecule has 3 rings (SSSR count). The van der Waals surface area contributed by atoms with Crippen LogP contribution < -0.4 is 11.2 Å². The number of aromatic amines is 1. The SMILES string of the molecule is CC(C)n1c(=O)[nH]c2cc(C(=O)N3C[C@H](C)O[C@@H](C)C3)ccc2c1=O. The molecule has 0 radical (unpaired) electrons. The van der Waals surface area contributed by atoms with Gasteiger partial charge in [-0.05, 0) is 45.9 Å². The minimum Gasteiger partial charge on any atom is -0.372 e. The molecular formula is C18H23N3O4. The van der Waals surface area contributed by atoms with Gasteiger partial charge in [0.25, 0.3) is 11.5 Å². The maximum Gasteiger partial charge on any atom is 0.329 e. The number of nitrogens with zero attached hydrogens (tertiary/aromatic N) is 2. The fourth-order valence-electron chi connectivity index (χ4n) is 3.36. The molecule has 0 spiro atoms. The zero-order valence-corrected chi connectivity index (χ0v) is 14.9. The van der Waals surface area contributed by atoms with Crippen LogP contribution in [0, 0.1) is 0 Å². The van der Waals surface area contributed by atoms with E-state index in [4.69, 9.17) is 4.74 Å². The van der Waals surface area contributed by atoms with E-state index in [2.05, 4.69) is 4.98 Å². The predicted octanol–water partition coefficient (Wildman–Crippen LogP) is 1.52. The zero-order valence-electron chi connectivity index (χ0n) is 14.9. The number of H-pyrrole nitrogens is 1. The zero-order chi connectivity index (χ0) is 18.3. The van der Waals surface area contributed by atoms with E-state index in [1.165, 1.54) is 4.57 Å². The highest BCUT2D eigenvalue weighted by atomic mass is 16.5. The highest BCUT2D eigenvalue weighted by Gasteiger charge is 2.26. The van der Waals surface area contributed by atoms with Crippen molar-refractivity contribution in [2.45, 2.75) is 45.9 Å². The number of hydrogen-bond acceptors (Lipinski definition) is 4. The number of ether oxygens (including phenoxy) is 1. The fraction of sp³-hybridized carbons (Fsp3) is 0.500. The van der Waals surface area contributed by atoms with Crippen LogP contribution in [0.25, 0.3) is 10.9 Å². The van der Waals surface area contributed by atoms with Gasteiger partial charge in [0.1, 0.15) is 0 Å². The number of carbonyl (C=O) groups excluding carboxylic acids is 1. The van der Waals surface area contributed by atoms with Crippen LogP contribution in [0.5, 0.6) is 0 Å². The summed E-state index contributed by atoms with van der Waals surface area (Å²) >= 11 is 0. The van der Waals surface area contributed by atoms with E-state index in [0.717, 1.165) is 0 Å². The quantitative estimate of drug-likeness (QED) is 0.894. The molecule has 1 fully saturated rings. The Labute approximate surface area is 145 Å². The van der Waals surface area contributed by atoms with Crippen LogP contribution in [0.1, 0.15) is 44.1 Å². The second-order valence-corrected chi connectivity index (χ2v) is 6.93. The lowest BCUT2D eigenvalue weighted by atomic mass is 10.1. The maximum atomic E-state index is 12.8. The molecule has 2 aromatic rings. The number of hydrogen-bond donors (Lipinski definition) is 1. The van der Waals surface area contributed by atoms with Gasteiger partial charge in [0.05, 0.1) is 23.1 Å². The van der Waals surface area contributed by atoms with Gasteiger partial charge in [0.15, 0.2) is 0 Å². The molecule has 7 nitrogen and oxygen atoms in total. The smallest absolute Gasteiger partial charge is 0.329 e. The molecule has 1 N–H and O–H groups in total. The Bertz CT molecular complexity index is 918. The van der Waals surface area contributed by atoms with Crippen molar-refractivity contribution >= 4 is 16.8 Å². The number of morpholine rings is 1. The molecule has 0 aliphatic carbocycles. The molecular weight excluding hydrogens is 322 g/mol. The summed E-state index contributed by atoms with van der Waals surface area (Å²) in [7, 11) is 0. The number of amides is 1. The van der Waals surface area contributed by atoms with Crippen molar-refractivity contribution in [3.8, 4) is 0 Å². The highest BCUT2D eigenvalue weighted by Crippen LogP contribution is 2.16. The number of rotatable bonds is 2. The van der Waals surface area contributed by atoms with Crippen molar-refractivity contribution in [3.63, 3.8) is 0 Å². The number of nitrogens with one attached hydrogen (secondary N) is 1. The summed E-state index contributed by atoms with van der Waals surface area (Å²) in [5.41, 5.74) is 0.0188. The van der Waals surface area contributed by atoms with Gasteiger partial charge < -0.3 is 14.6 Å². The van der Waals surface area contributed by atoms with Crippen molar-refractivity contribution in [3.05, 3.63) is 44.6 Å². The van der Waals surface area contributed by atoms with Crippen LogP contribution in [-0.4, -0.2) is 45.7 Å². The first-order valence-electron chi connectivity index (χ1n) is 8.51. The minimum atomic E-state index is -0.467. The molecule has 1 aromatic heterocycles. The van der Waals surface area contributed by atoms with Gasteiger partial charge in [0.2, 0.25) is 0 Å². The Kier molecular flexibility index (Phi) is 4.51. The predicted molar refractivity (Wildman–Crippen MR) is 95.1 cm³/mol. The third-order valence-electron chi connectivity index (χ3n) is 4.40. The highest BCUT2D eigenvalue weighted by molar-refractivity contribution is 5.97. The molecule has 1 aliphatic rings. The molecule has 1 aromatic carbocycles. The van der Waals surface area contributed by atoms with Gasteiger partial charge >= 0.3 is 5.69 Å². The average Bonchev–Trinajstić information content (AvgIpc) is 2.52. The number of carbonyl (C=O) groups is 1. The van der Waals surface area contributed by atoms with Gasteiger partial charge in [-0.25, -0.2) is 4.79 Å². The lowest BCUT2D eigenvalue weighted by Crippen LogP contribution is -2.48. The Morgan fingerprint density at radius 3 is 2.44 bits per heavy atom. The minimum absolute atomic E-state index is 0.0220. The standard InChI is InChI=1S/C18H23N3O4/c1-10(2)21-17(23)14-6-5-13(7-15(14)19-18(21)24)16(22)20-8-11(3)25-12(4)9-20/h5-7,10-12H,8-9H2,1-4H3,(H,19,24)/t11-,12-/m0/s1. The van der Waals surface area contributed by atoms with Crippen LogP contribution in [0.2, 0.25) is 0 Å². The second kappa shape index (κ2) is 6.48. The normalized spacial score (nSPS) is 21.1. The van der Waals surface area contributed by atoms with E-state index in [-0.39, 0.29) is 29.7 Å². The summed E-state index contributed by atoms with van der Waals surface area (Å²) < 4.78 is 6.83. The Hall–Kier alpha value is -2.41. The second-order valence-electron chi connectivity index (χ2n) is 6.93. The van der Waals surface area contributed by atoms with Crippen LogP contribution in [0.3, 0.4) is 0 Å². The number of fused-ring (bicyclic) bond motifs is 1. The molecule has 1 saturated heterocycles. The molecule has 7 heteroatoms. The molecule has 2 atom stereocenters. The van der Waals surface area contributed by atoms with Gasteiger partial charge in [-0.3, -0.25) is 14.2 Å². The molecule has 1 aliphatic heterocycles. The van der Waals surface area contributed by atoms with Gasteiger partial charge in [-0.2, -0.15) is 0 Å². The van der Waals surface area contributed by atoms with Gasteiger partial charge in [-0.1, -0.05) is 0 Å². The summed E-state index contributed by atoms with van der Waals surface area (Å²) in [5.74, 6) is -0.127. The molecule has 134 valence electrons. The molecule has 1 amide bonds. The lowest BCUT2D eigenvalue weighted by Gasteiger charge is -2.35. The van der Waals surface area contributed by atoms with E-state index in [1.807, 2.05) is 13.8 Å². The Balaban J connectivity index is 2.02. The van der Waals surface area contributed by atoms with Crippen LogP contribution in [-0.2, 0) is 4.74 Å². The van der Waals surface area contributed by atoms with E-state index in [9.17, 15) is 14.4 Å². The summed E-state index contributed by atoms with van der Waals surface area (Å²) in [6.07, 6.45) is -0.0441. The van der Waals surface area contributed by atoms with E-state index < -0.39 is 5.69 Å². The van der Waals surface area contributed by atoms with Gasteiger partial charge in [0, 0.05) is 24.7 Å². The molecule has 0 saturated carbocycles. The summed E-state index contributed by atoms with van der Waals surface area (Å²) in [6, 6.07) is 4.58. The van der Waals surface area contributed by atoms with Crippen molar-refractivity contribution in [1.82, 2.24) is 14.5 Å². The first-order chi connectivity index (χ1) is 11.8. The van der Waals surface area contributed by atoms with E-state index >= 15 is 0 Å². The summed E-state index contributed by atoms with van der Waals surface area (Å²) in [5, 5.41) is 0.397. The Morgan fingerprint density at radius 1 is 1.20 bits per heavy atom. The van der Waals surface area contributed by atoms with E-state index in [0.29, 0.717) is 29.6 Å². The summed E-state index contributed by atoms with van der Waals surface area (Å²) in [6.45, 7) is 8.46. The van der Waals surface area contributed by atoms with Crippen LogP contribution in [0.4, 0.5) is 0 Å². The topological polar surface area (TPSA) is 84.4 Å². The molecule has 25 heavy (non-hydrogen) atoms. The molecule has 2 heterocycles. The first-order valence-corrected chi connectivity index (χ1v) is 8.51. The first kappa shape index (κ1) is 17.4. The van der Waals surface area contributed by atoms with Crippen LogP contribution >= 0.6 is 0 Å². The third-order valence-corrected chi connectivity index (χ3v) is 4.40. The number of aromatic nitrogens is 2. The Morgan fingerprint density at radius 2 is 1.84 bits per heavy atom. The van der Waals surface area contributed by atoms with Crippen molar-refractivity contribution in [1.29, 1.82) is 0 Å². The molecule has 0 bridgehead atoms. The monoisotopic (exact) mass is 345 g/mol. The third kappa shape index (κ3) is 3.24. The largest absolute Gasteiger partial charge is 0.372 e. The lowest BCUT2D eigenvalue weighted by molar-refractivity contribution is -0.0586. The van der Waals surface area contributed by atoms with Crippen molar-refractivity contribution in [2.75, 3.05) is 13.1 Å². The molecule has 0 unspecified atom stereocenters. The fourth-order valence-corrected chi connectivity index (χ4v) is 3.36. The number of benzene rings is 1. The average molecular weight is 345 g/mol. The van der Waals surface area contributed by atoms with Crippen molar-refractivity contribution in [2.24, 2.45) is 0 Å². The van der Waals surface area contributed by atoms with Gasteiger partial charge in [-0.15, -0.1) is 0 Å². The van der Waals surface area contributed by atoms with Crippen LogP contribution in [0.15, 0.2) is 27.8 Å². The van der Waals surface area contributed by atoms with Crippen molar-refractivity contribution < 1.29 is 9.53 Å². The maximum absolute atomic E-state index is 12.8. The van der Waals surface area contributed by atoms with E-state index in [1.54, 1.807) is 36.9 Å². The summed E-state index contributed by atoms with van der Waals surface area (Å²) in [4.78, 5) is 41.9.